The SMILES string of the molecule is Cc1ccc(NCC(O)COCc2ccccc2)c(C)c1. The van der Waals surface area contributed by atoms with Gasteiger partial charge >= 0.3 is 0 Å². The van der Waals surface area contributed by atoms with Gasteiger partial charge in [0, 0.05) is 12.2 Å². The zero-order valence-corrected chi connectivity index (χ0v) is 12.7. The maximum absolute atomic E-state index is 9.95. The molecule has 1 atom stereocenters. The van der Waals surface area contributed by atoms with Crippen LogP contribution in [0.15, 0.2) is 48.5 Å². The summed E-state index contributed by atoms with van der Waals surface area (Å²) in [6.45, 7) is 5.48. The van der Waals surface area contributed by atoms with Crippen LogP contribution in [0.1, 0.15) is 16.7 Å². The molecule has 0 aliphatic rings. The van der Waals surface area contributed by atoms with Gasteiger partial charge in [0.15, 0.2) is 0 Å². The summed E-state index contributed by atoms with van der Waals surface area (Å²) in [6, 6.07) is 16.2. The molecular formula is C18H23NO2. The molecule has 0 fully saturated rings. The minimum Gasteiger partial charge on any atom is -0.389 e. The Bertz CT molecular complexity index is 554. The highest BCUT2D eigenvalue weighted by atomic mass is 16.5. The molecule has 0 spiro atoms. The third-order valence-corrected chi connectivity index (χ3v) is 3.33. The van der Waals surface area contributed by atoms with E-state index in [2.05, 4.69) is 31.3 Å². The fourth-order valence-electron chi connectivity index (χ4n) is 2.19. The largest absolute Gasteiger partial charge is 0.389 e. The first-order chi connectivity index (χ1) is 10.1. The van der Waals surface area contributed by atoms with E-state index in [0.29, 0.717) is 19.8 Å². The zero-order valence-electron chi connectivity index (χ0n) is 12.7. The van der Waals surface area contributed by atoms with E-state index in [1.165, 1.54) is 11.1 Å². The number of aryl methyl sites for hydroxylation is 2. The van der Waals surface area contributed by atoms with Crippen molar-refractivity contribution in [1.82, 2.24) is 0 Å². The lowest BCUT2D eigenvalue weighted by Crippen LogP contribution is -2.25. The minimum atomic E-state index is -0.519. The Hall–Kier alpha value is -1.84. The van der Waals surface area contributed by atoms with Gasteiger partial charge < -0.3 is 15.2 Å². The normalized spacial score (nSPS) is 12.1. The lowest BCUT2D eigenvalue weighted by molar-refractivity contribution is 0.0348. The van der Waals surface area contributed by atoms with E-state index in [4.69, 9.17) is 4.74 Å². The zero-order chi connectivity index (χ0) is 15.1. The highest BCUT2D eigenvalue weighted by molar-refractivity contribution is 5.51. The van der Waals surface area contributed by atoms with Crippen molar-refractivity contribution in [3.8, 4) is 0 Å². The molecule has 2 aromatic carbocycles. The van der Waals surface area contributed by atoms with E-state index in [-0.39, 0.29) is 0 Å². The second-order valence-corrected chi connectivity index (χ2v) is 5.35. The molecule has 0 amide bonds. The average molecular weight is 285 g/mol. The first-order valence-electron chi connectivity index (χ1n) is 7.26. The molecule has 0 aromatic heterocycles. The summed E-state index contributed by atoms with van der Waals surface area (Å²) < 4.78 is 5.53. The summed E-state index contributed by atoms with van der Waals surface area (Å²) in [5, 5.41) is 13.2. The van der Waals surface area contributed by atoms with Crippen LogP contribution in [0, 0.1) is 13.8 Å². The third kappa shape index (κ3) is 5.21. The second-order valence-electron chi connectivity index (χ2n) is 5.35. The summed E-state index contributed by atoms with van der Waals surface area (Å²) in [5.41, 5.74) is 4.60. The van der Waals surface area contributed by atoms with Crippen LogP contribution in [0.25, 0.3) is 0 Å². The lowest BCUT2D eigenvalue weighted by atomic mass is 10.1. The van der Waals surface area contributed by atoms with Crippen LogP contribution in [-0.2, 0) is 11.3 Å². The molecule has 0 bridgehead atoms. The molecule has 3 heteroatoms. The molecule has 0 aliphatic carbocycles. The van der Waals surface area contributed by atoms with Gasteiger partial charge in [-0.2, -0.15) is 0 Å². The number of ether oxygens (including phenoxy) is 1. The van der Waals surface area contributed by atoms with Crippen LogP contribution in [0.5, 0.6) is 0 Å². The molecule has 3 nitrogen and oxygen atoms in total. The van der Waals surface area contributed by atoms with Gasteiger partial charge in [0.1, 0.15) is 0 Å². The molecule has 2 aromatic rings. The van der Waals surface area contributed by atoms with Gasteiger partial charge in [0.2, 0.25) is 0 Å². The highest BCUT2D eigenvalue weighted by Crippen LogP contribution is 2.15. The van der Waals surface area contributed by atoms with Crippen molar-refractivity contribution in [2.45, 2.75) is 26.6 Å². The van der Waals surface area contributed by atoms with Crippen molar-refractivity contribution >= 4 is 5.69 Å². The summed E-state index contributed by atoms with van der Waals surface area (Å²) in [7, 11) is 0. The summed E-state index contributed by atoms with van der Waals surface area (Å²) >= 11 is 0. The van der Waals surface area contributed by atoms with Crippen LogP contribution in [0.4, 0.5) is 5.69 Å². The molecule has 112 valence electrons. The first kappa shape index (κ1) is 15.5. The fourth-order valence-corrected chi connectivity index (χ4v) is 2.19. The Balaban J connectivity index is 1.71. The maximum atomic E-state index is 9.95. The Labute approximate surface area is 126 Å². The Kier molecular flexibility index (Phi) is 5.78. The van der Waals surface area contributed by atoms with Crippen molar-refractivity contribution in [1.29, 1.82) is 0 Å². The lowest BCUT2D eigenvalue weighted by Gasteiger charge is -2.15. The predicted octanol–water partition coefficient (Wildman–Crippen LogP) is 3.29. The number of aliphatic hydroxyl groups is 1. The van der Waals surface area contributed by atoms with Crippen molar-refractivity contribution < 1.29 is 9.84 Å². The molecule has 0 radical (unpaired) electrons. The van der Waals surface area contributed by atoms with E-state index in [9.17, 15) is 5.11 Å². The number of aliphatic hydroxyl groups excluding tert-OH is 1. The third-order valence-electron chi connectivity index (χ3n) is 3.33. The van der Waals surface area contributed by atoms with Crippen molar-refractivity contribution in [2.24, 2.45) is 0 Å². The molecule has 0 saturated heterocycles. The van der Waals surface area contributed by atoms with Gasteiger partial charge in [0.25, 0.3) is 0 Å². The predicted molar refractivity (Wildman–Crippen MR) is 86.5 cm³/mol. The van der Waals surface area contributed by atoms with Crippen LogP contribution < -0.4 is 5.32 Å². The van der Waals surface area contributed by atoms with E-state index >= 15 is 0 Å². The van der Waals surface area contributed by atoms with Crippen LogP contribution in [0.2, 0.25) is 0 Å². The number of nitrogens with one attached hydrogen (secondary N) is 1. The average Bonchev–Trinajstić information content (AvgIpc) is 2.47. The van der Waals surface area contributed by atoms with Crippen LogP contribution in [-0.4, -0.2) is 24.4 Å². The summed E-state index contributed by atoms with van der Waals surface area (Å²) in [4.78, 5) is 0. The first-order valence-corrected chi connectivity index (χ1v) is 7.26. The fraction of sp³-hybridized carbons (Fsp3) is 0.333. The van der Waals surface area contributed by atoms with Gasteiger partial charge in [-0.15, -0.1) is 0 Å². The topological polar surface area (TPSA) is 41.5 Å². The molecule has 21 heavy (non-hydrogen) atoms. The molecular weight excluding hydrogens is 262 g/mol. The highest BCUT2D eigenvalue weighted by Gasteiger charge is 2.05. The molecule has 2 N–H and O–H groups in total. The number of rotatable bonds is 7. The Morgan fingerprint density at radius 3 is 2.57 bits per heavy atom. The molecule has 0 aliphatic heterocycles. The van der Waals surface area contributed by atoms with Gasteiger partial charge in [-0.3, -0.25) is 0 Å². The van der Waals surface area contributed by atoms with Crippen molar-refractivity contribution in [3.05, 3.63) is 65.2 Å². The monoisotopic (exact) mass is 285 g/mol. The summed E-state index contributed by atoms with van der Waals surface area (Å²) in [5.74, 6) is 0. The summed E-state index contributed by atoms with van der Waals surface area (Å²) in [6.07, 6.45) is -0.519. The van der Waals surface area contributed by atoms with Gasteiger partial charge in [-0.25, -0.2) is 0 Å². The van der Waals surface area contributed by atoms with Gasteiger partial charge in [-0.05, 0) is 31.0 Å². The quantitative estimate of drug-likeness (QED) is 0.820. The van der Waals surface area contributed by atoms with E-state index in [0.717, 1.165) is 11.3 Å². The van der Waals surface area contributed by atoms with Crippen LogP contribution >= 0.6 is 0 Å². The standard InChI is InChI=1S/C18H23NO2/c1-14-8-9-18(15(2)10-14)19-11-17(20)13-21-12-16-6-4-3-5-7-16/h3-10,17,19-20H,11-13H2,1-2H3. The molecule has 0 heterocycles. The minimum absolute atomic E-state index is 0.326. The van der Waals surface area contributed by atoms with Gasteiger partial charge in [-0.1, -0.05) is 48.0 Å². The van der Waals surface area contributed by atoms with E-state index in [1.54, 1.807) is 0 Å². The number of hydrogen-bond donors (Lipinski definition) is 2. The Morgan fingerprint density at radius 1 is 1.10 bits per heavy atom. The molecule has 1 unspecified atom stereocenters. The van der Waals surface area contributed by atoms with Crippen molar-refractivity contribution in [2.75, 3.05) is 18.5 Å². The number of benzene rings is 2. The maximum Gasteiger partial charge on any atom is 0.0945 e. The van der Waals surface area contributed by atoms with Gasteiger partial charge in [0.05, 0.1) is 19.3 Å². The smallest absolute Gasteiger partial charge is 0.0945 e. The van der Waals surface area contributed by atoms with E-state index < -0.39 is 6.10 Å². The van der Waals surface area contributed by atoms with Crippen LogP contribution in [0.3, 0.4) is 0 Å². The Morgan fingerprint density at radius 2 is 1.86 bits per heavy atom. The molecule has 0 saturated carbocycles. The molecule has 2 rings (SSSR count). The second kappa shape index (κ2) is 7.81. The van der Waals surface area contributed by atoms with Crippen molar-refractivity contribution in [3.63, 3.8) is 0 Å². The van der Waals surface area contributed by atoms with E-state index in [1.807, 2.05) is 36.4 Å². The number of anilines is 1. The number of hydrogen-bond acceptors (Lipinski definition) is 3.